The number of carbonyl (C=O) groups excluding carboxylic acids is 1. The number of hydrogen-bond acceptors (Lipinski definition) is 5. The Morgan fingerprint density at radius 2 is 2.00 bits per heavy atom. The number of nitro benzene ring substituents is 1. The third-order valence-electron chi connectivity index (χ3n) is 2.75. The second-order valence-electron chi connectivity index (χ2n) is 4.38. The molecule has 1 N–H and O–H groups in total. The maximum atomic E-state index is 12.0. The second kappa shape index (κ2) is 6.37. The number of nitrogens with one attached hydrogen (secondary N) is 1. The number of aryl methyl sites for hydroxylation is 1. The van der Waals surface area contributed by atoms with Crippen molar-refractivity contribution in [3.63, 3.8) is 0 Å². The number of furan rings is 1. The third-order valence-corrected chi connectivity index (χ3v) is 2.75. The molecule has 0 unspecified atom stereocenters. The van der Waals surface area contributed by atoms with Gasteiger partial charge in [0.15, 0.2) is 0 Å². The number of nitro groups is 1. The van der Waals surface area contributed by atoms with E-state index in [1.54, 1.807) is 25.1 Å². The minimum Gasteiger partial charge on any atom is -0.462 e. The topological polar surface area (TPSA) is 109 Å². The Bertz CT molecular complexity index is 782. The maximum absolute atomic E-state index is 12.0. The number of rotatable bonds is 4. The summed E-state index contributed by atoms with van der Waals surface area (Å²) in [5.74, 6) is 0.442. The Morgan fingerprint density at radius 3 is 2.50 bits per heavy atom. The predicted octanol–water partition coefficient (Wildman–Crippen LogP) is 3.04. The minimum absolute atomic E-state index is 0.0832. The van der Waals surface area contributed by atoms with Crippen LogP contribution in [0.3, 0.4) is 0 Å². The summed E-state index contributed by atoms with van der Waals surface area (Å²) in [7, 11) is 0. The molecule has 0 saturated heterocycles. The Kier molecular flexibility index (Phi) is 4.34. The zero-order chi connectivity index (χ0) is 16.1. The highest BCUT2D eigenvalue weighted by atomic mass is 16.6. The fraction of sp³-hybridized carbons (Fsp3) is 0.0667. The molecule has 0 bridgehead atoms. The Morgan fingerprint density at radius 1 is 1.32 bits per heavy atom. The minimum atomic E-state index is -0.620. The van der Waals surface area contributed by atoms with E-state index in [4.69, 9.17) is 9.68 Å². The maximum Gasteiger partial charge on any atom is 0.269 e. The van der Waals surface area contributed by atoms with Crippen molar-refractivity contribution in [2.45, 2.75) is 6.92 Å². The number of nitriles is 1. The Hall–Kier alpha value is -3.40. The van der Waals surface area contributed by atoms with E-state index in [-0.39, 0.29) is 11.3 Å². The van der Waals surface area contributed by atoms with Crippen LogP contribution < -0.4 is 5.32 Å². The van der Waals surface area contributed by atoms with Crippen molar-refractivity contribution in [1.29, 1.82) is 5.26 Å². The number of amides is 1. The van der Waals surface area contributed by atoms with Gasteiger partial charge in [-0.25, -0.2) is 0 Å². The van der Waals surface area contributed by atoms with Crippen LogP contribution in [-0.4, -0.2) is 10.8 Å². The molecule has 7 heteroatoms. The summed E-state index contributed by atoms with van der Waals surface area (Å²) in [6, 6.07) is 10.5. The van der Waals surface area contributed by atoms with Crippen LogP contribution in [0.1, 0.15) is 11.5 Å². The zero-order valence-corrected chi connectivity index (χ0v) is 11.6. The number of benzene rings is 1. The molecule has 22 heavy (non-hydrogen) atoms. The van der Waals surface area contributed by atoms with E-state index in [2.05, 4.69) is 5.32 Å². The summed E-state index contributed by atoms with van der Waals surface area (Å²) >= 11 is 0. The van der Waals surface area contributed by atoms with Crippen LogP contribution in [0.2, 0.25) is 0 Å². The van der Waals surface area contributed by atoms with Crippen LogP contribution in [0.4, 0.5) is 11.4 Å². The molecular formula is C15H11N3O4. The van der Waals surface area contributed by atoms with Gasteiger partial charge in [0.05, 0.1) is 4.92 Å². The standard InChI is InChI=1S/C15H11N3O4/c1-10-2-7-14(22-10)8-11(9-16)15(19)17-12-3-5-13(6-4-12)18(20)21/h2-8H,1H3,(H,17,19). The zero-order valence-electron chi connectivity index (χ0n) is 11.6. The molecule has 1 aromatic carbocycles. The first-order valence-electron chi connectivity index (χ1n) is 6.23. The molecular weight excluding hydrogens is 286 g/mol. The van der Waals surface area contributed by atoms with Gasteiger partial charge in [-0.1, -0.05) is 0 Å². The monoisotopic (exact) mass is 297 g/mol. The lowest BCUT2D eigenvalue weighted by Crippen LogP contribution is -2.13. The quantitative estimate of drug-likeness (QED) is 0.403. The smallest absolute Gasteiger partial charge is 0.269 e. The molecule has 7 nitrogen and oxygen atoms in total. The van der Waals surface area contributed by atoms with Crippen molar-refractivity contribution in [3.05, 3.63) is 63.6 Å². The van der Waals surface area contributed by atoms with E-state index in [1.807, 2.05) is 0 Å². The van der Waals surface area contributed by atoms with E-state index >= 15 is 0 Å². The van der Waals surface area contributed by atoms with Crippen LogP contribution in [-0.2, 0) is 4.79 Å². The Labute approximate surface area is 125 Å². The first kappa shape index (κ1) is 15.0. The highest BCUT2D eigenvalue weighted by Gasteiger charge is 2.11. The molecule has 2 rings (SSSR count). The normalized spacial score (nSPS) is 10.8. The van der Waals surface area contributed by atoms with Crippen LogP contribution in [0.15, 0.2) is 46.4 Å². The molecule has 0 aliphatic carbocycles. The summed E-state index contributed by atoms with van der Waals surface area (Å²) in [4.78, 5) is 22.0. The van der Waals surface area contributed by atoms with E-state index in [0.29, 0.717) is 17.2 Å². The predicted molar refractivity (Wildman–Crippen MR) is 78.8 cm³/mol. The molecule has 0 aliphatic heterocycles. The van der Waals surface area contributed by atoms with Gasteiger partial charge in [0.1, 0.15) is 23.2 Å². The van der Waals surface area contributed by atoms with E-state index in [9.17, 15) is 14.9 Å². The van der Waals surface area contributed by atoms with Crippen molar-refractivity contribution in [2.75, 3.05) is 5.32 Å². The summed E-state index contributed by atoms with van der Waals surface area (Å²) < 4.78 is 5.28. The van der Waals surface area contributed by atoms with Crippen LogP contribution in [0.25, 0.3) is 6.08 Å². The highest BCUT2D eigenvalue weighted by Crippen LogP contribution is 2.17. The van der Waals surface area contributed by atoms with Gasteiger partial charge in [0.2, 0.25) is 0 Å². The molecule has 0 atom stereocenters. The molecule has 0 fully saturated rings. The van der Waals surface area contributed by atoms with E-state index < -0.39 is 10.8 Å². The van der Waals surface area contributed by atoms with Gasteiger partial charge in [-0.2, -0.15) is 5.26 Å². The largest absolute Gasteiger partial charge is 0.462 e. The van der Waals surface area contributed by atoms with Crippen molar-refractivity contribution >= 4 is 23.4 Å². The molecule has 0 aliphatic rings. The fourth-order valence-electron chi connectivity index (χ4n) is 1.69. The van der Waals surface area contributed by atoms with Gasteiger partial charge in [-0.3, -0.25) is 14.9 Å². The number of nitrogens with zero attached hydrogens (tertiary/aromatic N) is 2. The van der Waals surface area contributed by atoms with Gasteiger partial charge in [-0.05, 0) is 31.2 Å². The lowest BCUT2D eigenvalue weighted by molar-refractivity contribution is -0.384. The van der Waals surface area contributed by atoms with Gasteiger partial charge < -0.3 is 9.73 Å². The molecule has 0 saturated carbocycles. The lowest BCUT2D eigenvalue weighted by Gasteiger charge is -2.03. The van der Waals surface area contributed by atoms with Gasteiger partial charge >= 0.3 is 0 Å². The highest BCUT2D eigenvalue weighted by molar-refractivity contribution is 6.09. The van der Waals surface area contributed by atoms with Crippen LogP contribution in [0.5, 0.6) is 0 Å². The van der Waals surface area contributed by atoms with E-state index in [1.165, 1.54) is 30.3 Å². The lowest BCUT2D eigenvalue weighted by atomic mass is 10.2. The average Bonchev–Trinajstić information content (AvgIpc) is 2.90. The summed E-state index contributed by atoms with van der Waals surface area (Å²) in [5, 5.41) is 22.1. The average molecular weight is 297 g/mol. The third kappa shape index (κ3) is 3.58. The van der Waals surface area contributed by atoms with Crippen molar-refractivity contribution in [1.82, 2.24) is 0 Å². The number of carbonyl (C=O) groups is 1. The van der Waals surface area contributed by atoms with Crippen LogP contribution in [0, 0.1) is 28.4 Å². The number of non-ortho nitro benzene ring substituents is 1. The van der Waals surface area contributed by atoms with Gasteiger partial charge in [0.25, 0.3) is 11.6 Å². The first-order chi connectivity index (χ1) is 10.5. The van der Waals surface area contributed by atoms with Crippen molar-refractivity contribution < 1.29 is 14.1 Å². The molecule has 0 radical (unpaired) electrons. The molecule has 1 amide bonds. The fourth-order valence-corrected chi connectivity index (χ4v) is 1.69. The van der Waals surface area contributed by atoms with Crippen molar-refractivity contribution in [3.8, 4) is 6.07 Å². The number of anilines is 1. The molecule has 110 valence electrons. The van der Waals surface area contributed by atoms with Crippen LogP contribution >= 0.6 is 0 Å². The molecule has 1 heterocycles. The van der Waals surface area contributed by atoms with Gasteiger partial charge in [-0.15, -0.1) is 0 Å². The number of hydrogen-bond donors (Lipinski definition) is 1. The first-order valence-corrected chi connectivity index (χ1v) is 6.23. The van der Waals surface area contributed by atoms with E-state index in [0.717, 1.165) is 0 Å². The molecule has 2 aromatic rings. The molecule has 1 aromatic heterocycles. The summed E-state index contributed by atoms with van der Waals surface area (Å²) in [6.07, 6.45) is 1.33. The Balaban J connectivity index is 2.14. The van der Waals surface area contributed by atoms with Gasteiger partial charge in [0, 0.05) is 23.9 Å². The SMILES string of the molecule is Cc1ccc(C=C(C#N)C(=O)Nc2ccc([N+](=O)[O-])cc2)o1. The summed E-state index contributed by atoms with van der Waals surface area (Å²) in [6.45, 7) is 1.75. The summed E-state index contributed by atoms with van der Waals surface area (Å²) in [5.41, 5.74) is 0.139. The molecule has 0 spiro atoms. The van der Waals surface area contributed by atoms with Crippen molar-refractivity contribution in [2.24, 2.45) is 0 Å². The second-order valence-corrected chi connectivity index (χ2v) is 4.38.